The number of ketones is 1. The molecule has 1 aromatic carbocycles. The van der Waals surface area contributed by atoms with Crippen molar-refractivity contribution in [3.05, 3.63) is 43.5 Å². The Kier molecular flexibility index (Phi) is 7.66. The van der Waals surface area contributed by atoms with Gasteiger partial charge in [0, 0.05) is 11.0 Å². The van der Waals surface area contributed by atoms with E-state index < -0.39 is 33.1 Å². The molecule has 6 nitrogen and oxygen atoms in total. The normalized spacial score (nSPS) is 11.9. The quantitative estimate of drug-likeness (QED) is 0.219. The first-order valence-corrected chi connectivity index (χ1v) is 7.13. The minimum atomic E-state index is -0.912. The van der Waals surface area contributed by atoms with Crippen LogP contribution in [0.1, 0.15) is 38.9 Å². The van der Waals surface area contributed by atoms with Crippen molar-refractivity contribution in [3.63, 3.8) is 0 Å². The maximum Gasteiger partial charge on any atom is 1.00 e. The number of carbonyl (C=O) groups excluding carboxylic acids is 1. The molecule has 0 aromatic heterocycles. The number of aryl methyl sites for hydroxylation is 1. The van der Waals surface area contributed by atoms with Crippen LogP contribution >= 0.6 is 11.6 Å². The molecule has 124 valence electrons. The van der Waals surface area contributed by atoms with Crippen LogP contribution < -0.4 is 29.6 Å². The van der Waals surface area contributed by atoms with Gasteiger partial charge in [0.05, 0.1) is 15.5 Å². The van der Waals surface area contributed by atoms with Crippen LogP contribution in [-0.4, -0.2) is 15.8 Å². The molecule has 1 rings (SSSR count). The zero-order valence-corrected chi connectivity index (χ0v) is 17.3. The molecule has 0 spiro atoms. The Labute approximate surface area is 169 Å². The molecule has 0 fully saturated rings. The van der Waals surface area contributed by atoms with Crippen LogP contribution in [0.3, 0.4) is 0 Å². The average molecular weight is 361 g/mol. The largest absolute Gasteiger partial charge is 1.00 e. The molecule has 24 heavy (non-hydrogen) atoms. The van der Waals surface area contributed by atoms with Crippen molar-refractivity contribution in [1.82, 2.24) is 0 Å². The Balaban J connectivity index is 0. The topological polar surface area (TPSA) is 104 Å². The van der Waals surface area contributed by atoms with Crippen molar-refractivity contribution in [2.75, 3.05) is 0 Å². The summed E-state index contributed by atoms with van der Waals surface area (Å²) in [6.07, 6.45) is 0. The van der Waals surface area contributed by atoms with Gasteiger partial charge in [-0.2, -0.15) is 5.26 Å². The third-order valence-corrected chi connectivity index (χ3v) is 3.92. The van der Waals surface area contributed by atoms with E-state index in [0.29, 0.717) is 5.56 Å². The first kappa shape index (κ1) is 22.6. The fraction of sp³-hybridized carbons (Fsp3) is 0.375. The number of nitrogens with zero attached hydrogens (tertiary/aromatic N) is 2. The monoisotopic (exact) mass is 360 g/mol. The molecular formula is C16H18ClN2NaO4. The van der Waals surface area contributed by atoms with Crippen LogP contribution in [-0.2, 0) is 4.79 Å². The van der Waals surface area contributed by atoms with Crippen molar-refractivity contribution < 1.29 is 45.8 Å². The van der Waals surface area contributed by atoms with Crippen LogP contribution in [0.2, 0.25) is 5.02 Å². The Morgan fingerprint density at radius 3 is 2.29 bits per heavy atom. The minimum Gasteiger partial charge on any atom is -1.00 e. The second kappa shape index (κ2) is 8.13. The fourth-order valence-corrected chi connectivity index (χ4v) is 2.23. The Morgan fingerprint density at radius 2 is 1.92 bits per heavy atom. The van der Waals surface area contributed by atoms with Gasteiger partial charge in [-0.15, -0.1) is 0 Å². The summed E-state index contributed by atoms with van der Waals surface area (Å²) >= 11 is 6.02. The average Bonchev–Trinajstić information content (AvgIpc) is 2.43. The van der Waals surface area contributed by atoms with Gasteiger partial charge in [-0.3, -0.25) is 14.9 Å². The summed E-state index contributed by atoms with van der Waals surface area (Å²) in [5.41, 5.74) is -1.38. The number of rotatable bonds is 3. The molecule has 8 heteroatoms. The summed E-state index contributed by atoms with van der Waals surface area (Å²) in [4.78, 5) is 22.9. The van der Waals surface area contributed by atoms with Crippen LogP contribution in [0, 0.1) is 40.7 Å². The van der Waals surface area contributed by atoms with Gasteiger partial charge >= 0.3 is 29.6 Å². The van der Waals surface area contributed by atoms with Gasteiger partial charge in [0.1, 0.15) is 11.6 Å². The number of Topliss-reactive ketones (excluding diaryl/α,β-unsaturated/α-hetero) is 1. The molecule has 0 bridgehead atoms. The number of hydrogen-bond acceptors (Lipinski definition) is 5. The number of aliphatic hydroxyl groups is 1. The van der Waals surface area contributed by atoms with E-state index >= 15 is 0 Å². The van der Waals surface area contributed by atoms with E-state index in [1.54, 1.807) is 33.8 Å². The van der Waals surface area contributed by atoms with E-state index in [1.807, 2.05) is 0 Å². The molecule has 0 atom stereocenters. The first-order chi connectivity index (χ1) is 10.4. The van der Waals surface area contributed by atoms with E-state index in [9.17, 15) is 25.3 Å². The van der Waals surface area contributed by atoms with Crippen LogP contribution in [0.15, 0.2) is 11.6 Å². The molecular weight excluding hydrogens is 343 g/mol. The minimum absolute atomic E-state index is 0. The summed E-state index contributed by atoms with van der Waals surface area (Å²) in [6.45, 7) is 7.83. The predicted molar refractivity (Wildman–Crippen MR) is 88.3 cm³/mol. The molecule has 1 aromatic rings. The summed E-state index contributed by atoms with van der Waals surface area (Å²) in [7, 11) is 0. The third-order valence-electron chi connectivity index (χ3n) is 3.34. The third kappa shape index (κ3) is 4.37. The number of allylic oxidation sites excluding steroid dienone is 1. The van der Waals surface area contributed by atoms with Gasteiger partial charge < -0.3 is 6.53 Å². The van der Waals surface area contributed by atoms with Crippen LogP contribution in [0.4, 0.5) is 5.69 Å². The summed E-state index contributed by atoms with van der Waals surface area (Å²) < 4.78 is 0. The SMILES string of the molecule is Cc1cc(C(O)=C(C#N)C(=O)C(C)(C)C)c([N+](=O)[O-])c(C)c1Cl.[H-].[Na+]. The van der Waals surface area contributed by atoms with Crippen molar-refractivity contribution in [2.45, 2.75) is 34.6 Å². The number of nitriles is 1. The van der Waals surface area contributed by atoms with Crippen molar-refractivity contribution in [3.8, 4) is 6.07 Å². The molecule has 0 aliphatic rings. The Morgan fingerprint density at radius 1 is 1.42 bits per heavy atom. The Bertz CT molecular complexity index is 780. The molecule has 0 heterocycles. The summed E-state index contributed by atoms with van der Waals surface area (Å²) in [5.74, 6) is -1.31. The van der Waals surface area contributed by atoms with Crippen molar-refractivity contribution >= 4 is 28.8 Å². The maximum absolute atomic E-state index is 12.3. The number of halogens is 1. The molecule has 0 radical (unpaired) electrons. The van der Waals surface area contributed by atoms with E-state index in [2.05, 4.69) is 0 Å². The standard InChI is InChI=1S/C16H17ClN2O4.Na.H/c1-8-6-10(13(19(22)23)9(2)12(8)17)14(20)11(7-18)15(21)16(3,4)5;;/h6,20H,1-5H3;;/q;+1;-1. The smallest absolute Gasteiger partial charge is 1.00 e. The molecule has 0 saturated carbocycles. The number of hydrogen-bond donors (Lipinski definition) is 1. The second-order valence-corrected chi connectivity index (χ2v) is 6.58. The van der Waals surface area contributed by atoms with E-state index in [0.717, 1.165) is 0 Å². The Hall–Kier alpha value is -1.39. The first-order valence-electron chi connectivity index (χ1n) is 6.76. The summed E-state index contributed by atoms with van der Waals surface area (Å²) in [5, 5.41) is 31.1. The second-order valence-electron chi connectivity index (χ2n) is 6.20. The van der Waals surface area contributed by atoms with Gasteiger partial charge in [0.25, 0.3) is 5.69 Å². The number of nitro benzene ring substituents is 1. The maximum atomic E-state index is 12.3. The molecule has 0 amide bonds. The zero-order chi connectivity index (χ0) is 18.1. The molecule has 0 aliphatic heterocycles. The van der Waals surface area contributed by atoms with E-state index in [1.165, 1.54) is 13.0 Å². The molecule has 0 unspecified atom stereocenters. The fourth-order valence-electron chi connectivity index (χ4n) is 2.09. The van der Waals surface area contributed by atoms with Gasteiger partial charge in [-0.25, -0.2) is 0 Å². The van der Waals surface area contributed by atoms with Crippen LogP contribution in [0.5, 0.6) is 0 Å². The molecule has 0 aliphatic carbocycles. The van der Waals surface area contributed by atoms with Crippen molar-refractivity contribution in [1.29, 1.82) is 5.26 Å². The number of benzene rings is 1. The van der Waals surface area contributed by atoms with Gasteiger partial charge in [-0.1, -0.05) is 32.4 Å². The van der Waals surface area contributed by atoms with E-state index in [4.69, 9.17) is 11.6 Å². The van der Waals surface area contributed by atoms with Gasteiger partial charge in [-0.05, 0) is 25.5 Å². The van der Waals surface area contributed by atoms with Crippen LogP contribution in [0.25, 0.3) is 5.76 Å². The molecule has 0 saturated heterocycles. The molecule has 1 N–H and O–H groups in total. The zero-order valence-electron chi connectivity index (χ0n) is 15.5. The summed E-state index contributed by atoms with van der Waals surface area (Å²) in [6, 6.07) is 2.95. The predicted octanol–water partition coefficient (Wildman–Crippen LogP) is 1.39. The van der Waals surface area contributed by atoms with Crippen molar-refractivity contribution in [2.24, 2.45) is 5.41 Å². The number of carbonyl (C=O) groups is 1. The van der Waals surface area contributed by atoms with E-state index in [-0.39, 0.29) is 47.1 Å². The number of nitro groups is 1. The van der Waals surface area contributed by atoms with Gasteiger partial charge in [0.15, 0.2) is 11.5 Å². The van der Waals surface area contributed by atoms with Gasteiger partial charge in [0.2, 0.25) is 0 Å². The number of aliphatic hydroxyl groups excluding tert-OH is 1.